The molecule has 4 rings (SSSR count). The van der Waals surface area contributed by atoms with E-state index >= 15 is 0 Å². The Morgan fingerprint density at radius 3 is 2.71 bits per heavy atom. The van der Waals surface area contributed by atoms with E-state index in [9.17, 15) is 4.39 Å². The summed E-state index contributed by atoms with van der Waals surface area (Å²) < 4.78 is 22.6. The minimum Gasteiger partial charge on any atom is -0.360 e. The third-order valence-corrected chi connectivity index (χ3v) is 8.34. The second kappa shape index (κ2) is 8.77. The maximum Gasteiger partial charge on any atom is 0.140 e. The zero-order chi connectivity index (χ0) is 22.3. The minimum absolute atomic E-state index is 0.287. The first-order chi connectivity index (χ1) is 14.6. The van der Waals surface area contributed by atoms with Gasteiger partial charge in [-0.3, -0.25) is 0 Å². The maximum absolute atomic E-state index is 14.4. The molecule has 1 aromatic heterocycles. The molecule has 31 heavy (non-hydrogen) atoms. The van der Waals surface area contributed by atoms with Crippen molar-refractivity contribution >= 4 is 34.9 Å². The topological polar surface area (TPSA) is 30.3 Å². The zero-order valence-corrected chi connectivity index (χ0v) is 21.6. The van der Waals surface area contributed by atoms with Gasteiger partial charge < -0.3 is 9.64 Å². The predicted molar refractivity (Wildman–Crippen MR) is 132 cm³/mol. The molecule has 0 aliphatic carbocycles. The second-order valence-electron chi connectivity index (χ2n) is 9.90. The number of fused-ring (bicyclic) bond motifs is 2. The molecule has 0 saturated carbocycles. The van der Waals surface area contributed by atoms with Crippen LogP contribution in [0.25, 0.3) is 22.2 Å². The Morgan fingerprint density at radius 2 is 1.97 bits per heavy atom. The molecule has 0 radical (unpaired) electrons. The van der Waals surface area contributed by atoms with E-state index in [1.807, 2.05) is 6.07 Å². The summed E-state index contributed by atoms with van der Waals surface area (Å²) in [6, 6.07) is 8.97. The molecule has 2 heterocycles. The van der Waals surface area contributed by atoms with Crippen LogP contribution in [0.2, 0.25) is 25.7 Å². The number of hydrogen-bond donors (Lipinski definition) is 0. The highest BCUT2D eigenvalue weighted by Gasteiger charge is 2.20. The lowest BCUT2D eigenvalue weighted by molar-refractivity contribution is 0.0818. The number of likely N-dealkylation sites (N-methyl/N-ethyl adjacent to an activating group) is 1. The van der Waals surface area contributed by atoms with Crippen LogP contribution >= 0.6 is 15.9 Å². The molecule has 0 saturated heterocycles. The standard InChI is InChI=1S/C24H31BrFN3OSi/c1-16-10-17(11-18-14-28(2)7-6-19(16)18)24-20-12-21(25)22(26)13-23(20)29(27-24)15-30-8-9-31(3,4)5/h10-13H,6-9,14-15H2,1-5H3. The Balaban J connectivity index is 1.73. The maximum atomic E-state index is 14.4. The molecule has 0 N–H and O–H groups in total. The van der Waals surface area contributed by atoms with Crippen LogP contribution in [0.1, 0.15) is 16.7 Å². The molecule has 0 fully saturated rings. The average molecular weight is 505 g/mol. The van der Waals surface area contributed by atoms with E-state index in [0.717, 1.165) is 47.7 Å². The van der Waals surface area contributed by atoms with Crippen molar-refractivity contribution in [2.24, 2.45) is 0 Å². The van der Waals surface area contributed by atoms with E-state index in [-0.39, 0.29) is 5.82 Å². The quantitative estimate of drug-likeness (QED) is 0.295. The van der Waals surface area contributed by atoms with Gasteiger partial charge in [0.15, 0.2) is 0 Å². The molecule has 0 amide bonds. The van der Waals surface area contributed by atoms with Crippen molar-refractivity contribution in [3.05, 3.63) is 51.2 Å². The molecule has 166 valence electrons. The Kier molecular flexibility index (Phi) is 6.41. The number of aromatic nitrogens is 2. The van der Waals surface area contributed by atoms with Crippen LogP contribution < -0.4 is 0 Å². The molecule has 0 unspecified atom stereocenters. The lowest BCUT2D eigenvalue weighted by Crippen LogP contribution is -2.27. The summed E-state index contributed by atoms with van der Waals surface area (Å²) in [6.07, 6.45) is 1.08. The summed E-state index contributed by atoms with van der Waals surface area (Å²) in [5, 5.41) is 5.82. The minimum atomic E-state index is -1.16. The van der Waals surface area contributed by atoms with E-state index in [4.69, 9.17) is 9.84 Å². The van der Waals surface area contributed by atoms with Gasteiger partial charge in [0.05, 0.1) is 9.99 Å². The number of nitrogens with zero attached hydrogens (tertiary/aromatic N) is 3. The van der Waals surface area contributed by atoms with Crippen LogP contribution in [0, 0.1) is 12.7 Å². The summed E-state index contributed by atoms with van der Waals surface area (Å²) >= 11 is 3.36. The number of ether oxygens (including phenoxy) is 1. The Bertz CT molecular complexity index is 1120. The van der Waals surface area contributed by atoms with E-state index < -0.39 is 8.07 Å². The van der Waals surface area contributed by atoms with Gasteiger partial charge in [-0.15, -0.1) is 0 Å². The van der Waals surface area contributed by atoms with Gasteiger partial charge in [0.2, 0.25) is 0 Å². The predicted octanol–water partition coefficient (Wildman–Crippen LogP) is 6.21. The number of aryl methyl sites for hydroxylation is 1. The third kappa shape index (κ3) is 4.95. The van der Waals surface area contributed by atoms with Crippen LogP contribution in [0.5, 0.6) is 0 Å². The Morgan fingerprint density at radius 1 is 1.19 bits per heavy atom. The molecule has 2 aromatic carbocycles. The van der Waals surface area contributed by atoms with Crippen molar-refractivity contribution in [1.82, 2.24) is 14.7 Å². The van der Waals surface area contributed by atoms with Gasteiger partial charge in [-0.2, -0.15) is 5.10 Å². The molecule has 4 nitrogen and oxygen atoms in total. The molecule has 3 aromatic rings. The molecule has 0 atom stereocenters. The van der Waals surface area contributed by atoms with Gasteiger partial charge in [0.1, 0.15) is 18.2 Å². The Labute approximate surface area is 193 Å². The normalized spacial score (nSPS) is 14.9. The van der Waals surface area contributed by atoms with Gasteiger partial charge in [0, 0.05) is 44.8 Å². The molecular formula is C24H31BrFN3OSi. The van der Waals surface area contributed by atoms with E-state index in [0.29, 0.717) is 17.8 Å². The Hall–Kier alpha value is -1.54. The van der Waals surface area contributed by atoms with Crippen molar-refractivity contribution in [2.45, 2.75) is 52.3 Å². The summed E-state index contributed by atoms with van der Waals surface area (Å²) in [7, 11) is 0.996. The molecule has 7 heteroatoms. The van der Waals surface area contributed by atoms with Crippen LogP contribution in [-0.2, 0) is 24.4 Å². The molecule has 1 aliphatic rings. The lowest BCUT2D eigenvalue weighted by Gasteiger charge is -2.26. The van der Waals surface area contributed by atoms with Crippen molar-refractivity contribution < 1.29 is 9.13 Å². The van der Waals surface area contributed by atoms with Gasteiger partial charge in [-0.05, 0) is 77.3 Å². The van der Waals surface area contributed by atoms with E-state index in [1.54, 1.807) is 10.7 Å². The lowest BCUT2D eigenvalue weighted by atomic mass is 9.91. The fourth-order valence-corrected chi connectivity index (χ4v) is 5.31. The highest BCUT2D eigenvalue weighted by molar-refractivity contribution is 9.10. The van der Waals surface area contributed by atoms with Crippen LogP contribution in [0.3, 0.4) is 0 Å². The molecular weight excluding hydrogens is 473 g/mol. The van der Waals surface area contributed by atoms with Gasteiger partial charge in [0.25, 0.3) is 0 Å². The highest BCUT2D eigenvalue weighted by atomic mass is 79.9. The largest absolute Gasteiger partial charge is 0.360 e. The summed E-state index contributed by atoms with van der Waals surface area (Å²) in [5.74, 6) is -0.287. The number of benzene rings is 2. The first kappa shape index (κ1) is 22.6. The number of halogens is 2. The molecule has 0 bridgehead atoms. The van der Waals surface area contributed by atoms with E-state index in [2.05, 4.69) is 66.6 Å². The van der Waals surface area contributed by atoms with Gasteiger partial charge in [-0.1, -0.05) is 19.6 Å². The van der Waals surface area contributed by atoms with Crippen molar-refractivity contribution in [2.75, 3.05) is 20.2 Å². The highest BCUT2D eigenvalue weighted by Crippen LogP contribution is 2.35. The fourth-order valence-electron chi connectivity index (χ4n) is 4.21. The third-order valence-electron chi connectivity index (χ3n) is 6.03. The van der Waals surface area contributed by atoms with Crippen LogP contribution in [0.15, 0.2) is 28.7 Å². The summed E-state index contributed by atoms with van der Waals surface area (Å²) in [4.78, 5) is 2.35. The van der Waals surface area contributed by atoms with Gasteiger partial charge >= 0.3 is 0 Å². The smallest absolute Gasteiger partial charge is 0.140 e. The molecule has 0 spiro atoms. The SMILES string of the molecule is Cc1cc(-c2nn(COCC[Si](C)(C)C)c3cc(F)c(Br)cc23)cc2c1CCN(C)C2. The number of rotatable bonds is 6. The van der Waals surface area contributed by atoms with Crippen molar-refractivity contribution in [3.8, 4) is 11.3 Å². The first-order valence-corrected chi connectivity index (χ1v) is 15.4. The second-order valence-corrected chi connectivity index (χ2v) is 16.4. The van der Waals surface area contributed by atoms with Crippen molar-refractivity contribution in [1.29, 1.82) is 0 Å². The monoisotopic (exact) mass is 503 g/mol. The first-order valence-electron chi connectivity index (χ1n) is 10.9. The molecule has 1 aliphatic heterocycles. The van der Waals surface area contributed by atoms with Crippen LogP contribution in [0.4, 0.5) is 4.39 Å². The van der Waals surface area contributed by atoms with Crippen LogP contribution in [-0.4, -0.2) is 43.0 Å². The summed E-state index contributed by atoms with van der Waals surface area (Å²) in [6.45, 7) is 12.3. The van der Waals surface area contributed by atoms with Gasteiger partial charge in [-0.25, -0.2) is 9.07 Å². The zero-order valence-electron chi connectivity index (χ0n) is 19.1. The fraction of sp³-hybridized carbons (Fsp3) is 0.458. The van der Waals surface area contributed by atoms with Crippen molar-refractivity contribution in [3.63, 3.8) is 0 Å². The van der Waals surface area contributed by atoms with E-state index in [1.165, 1.54) is 16.7 Å². The number of hydrogen-bond acceptors (Lipinski definition) is 3. The average Bonchev–Trinajstić information content (AvgIpc) is 3.02. The summed E-state index contributed by atoms with van der Waals surface area (Å²) in [5.41, 5.74) is 6.83.